The van der Waals surface area contributed by atoms with Gasteiger partial charge in [-0.15, -0.1) is 0 Å². The first-order chi connectivity index (χ1) is 10.1. The fourth-order valence-corrected chi connectivity index (χ4v) is 2.53. The highest BCUT2D eigenvalue weighted by atomic mass is 16.6. The van der Waals surface area contributed by atoms with Gasteiger partial charge in [0.05, 0.1) is 12.9 Å². The Hall–Kier alpha value is -2.01. The molecule has 0 aliphatic carbocycles. The molecule has 0 saturated carbocycles. The Kier molecular flexibility index (Phi) is 3.37. The zero-order valence-electron chi connectivity index (χ0n) is 11.2. The lowest BCUT2D eigenvalue weighted by molar-refractivity contribution is -0.0535. The first-order valence-corrected chi connectivity index (χ1v) is 6.29. The lowest BCUT2D eigenvalue weighted by atomic mass is 10.1. The van der Waals surface area contributed by atoms with Gasteiger partial charge in [0.1, 0.15) is 23.8 Å². The van der Waals surface area contributed by atoms with Crippen LogP contribution in [0, 0.1) is 0 Å². The third kappa shape index (κ3) is 2.08. The van der Waals surface area contributed by atoms with E-state index in [4.69, 9.17) is 20.9 Å². The summed E-state index contributed by atoms with van der Waals surface area (Å²) in [4.78, 5) is 12.0. The summed E-state index contributed by atoms with van der Waals surface area (Å²) < 4.78 is 12.3. The monoisotopic (exact) mass is 296 g/mol. The van der Waals surface area contributed by atoms with Crippen LogP contribution in [0.2, 0.25) is 0 Å². The molecule has 0 amide bonds. The minimum atomic E-state index is -0.998. The smallest absolute Gasteiger partial charge is 0.224 e. The van der Waals surface area contributed by atoms with Crippen LogP contribution in [-0.4, -0.2) is 61.8 Å². The second kappa shape index (κ2) is 5.07. The number of nitrogens with two attached hydrogens (primary N) is 2. The number of aliphatic hydroxyl groups is 2. The first kappa shape index (κ1) is 13.9. The van der Waals surface area contributed by atoms with Gasteiger partial charge in [-0.05, 0) is 0 Å². The highest BCUT2D eigenvalue weighted by Crippen LogP contribution is 2.33. The number of rotatable bonds is 3. The Morgan fingerprint density at radius 1 is 1.43 bits per heavy atom. The van der Waals surface area contributed by atoms with Gasteiger partial charge in [0.2, 0.25) is 5.95 Å². The molecule has 1 saturated heterocycles. The van der Waals surface area contributed by atoms with E-state index in [0.717, 1.165) is 0 Å². The van der Waals surface area contributed by atoms with Gasteiger partial charge in [0, 0.05) is 7.11 Å². The summed E-state index contributed by atoms with van der Waals surface area (Å²) in [7, 11) is 1.44. The van der Waals surface area contributed by atoms with Gasteiger partial charge in [0.15, 0.2) is 17.7 Å². The molecule has 21 heavy (non-hydrogen) atoms. The van der Waals surface area contributed by atoms with E-state index < -0.39 is 24.5 Å². The predicted octanol–water partition coefficient (Wildman–Crippen LogP) is -1.74. The van der Waals surface area contributed by atoms with Crippen molar-refractivity contribution in [2.24, 2.45) is 0 Å². The Morgan fingerprint density at radius 2 is 2.19 bits per heavy atom. The second-order valence-electron chi connectivity index (χ2n) is 4.73. The highest BCUT2D eigenvalue weighted by Gasteiger charge is 2.45. The van der Waals surface area contributed by atoms with E-state index in [-0.39, 0.29) is 18.4 Å². The summed E-state index contributed by atoms with van der Waals surface area (Å²) >= 11 is 0. The topological polar surface area (TPSA) is 155 Å². The molecule has 1 aliphatic heterocycles. The average molecular weight is 296 g/mol. The van der Waals surface area contributed by atoms with Gasteiger partial charge in [0.25, 0.3) is 0 Å². The van der Waals surface area contributed by atoms with E-state index in [9.17, 15) is 10.2 Å². The van der Waals surface area contributed by atoms with Crippen molar-refractivity contribution in [2.45, 2.75) is 24.5 Å². The van der Waals surface area contributed by atoms with E-state index in [1.165, 1.54) is 18.0 Å². The molecule has 114 valence electrons. The lowest BCUT2D eigenvalue weighted by Crippen LogP contribution is -2.35. The summed E-state index contributed by atoms with van der Waals surface area (Å²) in [6.07, 6.45) is -1.69. The molecular weight excluding hydrogens is 280 g/mol. The molecule has 2 aromatic heterocycles. The van der Waals surface area contributed by atoms with Crippen molar-refractivity contribution in [3.05, 3.63) is 6.33 Å². The fraction of sp³-hybridized carbons (Fsp3) is 0.545. The highest BCUT2D eigenvalue weighted by molar-refractivity contribution is 5.82. The Labute approximate surface area is 119 Å². The molecule has 0 bridgehead atoms. The summed E-state index contributed by atoms with van der Waals surface area (Å²) in [5, 5.41) is 19.6. The summed E-state index contributed by atoms with van der Waals surface area (Å²) in [5.74, 6) is 0.141. The van der Waals surface area contributed by atoms with Crippen molar-refractivity contribution < 1.29 is 19.7 Å². The van der Waals surface area contributed by atoms with E-state index in [0.29, 0.717) is 11.2 Å². The molecule has 0 radical (unpaired) electrons. The summed E-state index contributed by atoms with van der Waals surface area (Å²) in [6, 6.07) is 0. The molecule has 3 heterocycles. The van der Waals surface area contributed by atoms with Crippen LogP contribution in [0.1, 0.15) is 6.23 Å². The molecule has 10 nitrogen and oxygen atoms in total. The molecule has 10 heteroatoms. The van der Waals surface area contributed by atoms with Gasteiger partial charge in [-0.2, -0.15) is 9.97 Å². The molecule has 1 aliphatic rings. The van der Waals surface area contributed by atoms with Crippen molar-refractivity contribution in [1.82, 2.24) is 19.5 Å². The maximum Gasteiger partial charge on any atom is 0.224 e. The molecule has 1 fully saturated rings. The Bertz CT molecular complexity index is 661. The van der Waals surface area contributed by atoms with Crippen molar-refractivity contribution in [2.75, 3.05) is 25.2 Å². The van der Waals surface area contributed by atoms with Crippen molar-refractivity contribution in [3.8, 4) is 0 Å². The van der Waals surface area contributed by atoms with Crippen LogP contribution in [0.5, 0.6) is 0 Å². The number of fused-ring (bicyclic) bond motifs is 1. The van der Waals surface area contributed by atoms with Crippen molar-refractivity contribution in [3.63, 3.8) is 0 Å². The standard InChI is InChI=1S/C11H16N6O4/c1-20-7-4(2-18)21-10(6(7)19)17-3-14-5-8(12)15-11(13)16-9(5)17/h3-4,6-7,10,18-19H,2H2,1H3,(H4,12,13,15,16)/t4-,6+,7+,10-/m1/s1. The zero-order chi connectivity index (χ0) is 15.1. The van der Waals surface area contributed by atoms with Crippen LogP contribution in [0.15, 0.2) is 6.33 Å². The third-order valence-electron chi connectivity index (χ3n) is 3.50. The number of aliphatic hydroxyl groups excluding tert-OH is 2. The molecule has 0 spiro atoms. The largest absolute Gasteiger partial charge is 0.394 e. The predicted molar refractivity (Wildman–Crippen MR) is 71.9 cm³/mol. The first-order valence-electron chi connectivity index (χ1n) is 6.29. The second-order valence-corrected chi connectivity index (χ2v) is 4.73. The van der Waals surface area contributed by atoms with Gasteiger partial charge in [-0.25, -0.2) is 4.98 Å². The lowest BCUT2D eigenvalue weighted by Gasteiger charge is -2.17. The maximum absolute atomic E-state index is 10.3. The van der Waals surface area contributed by atoms with Gasteiger partial charge >= 0.3 is 0 Å². The number of aromatic nitrogens is 4. The van der Waals surface area contributed by atoms with Gasteiger partial charge < -0.3 is 31.2 Å². The van der Waals surface area contributed by atoms with E-state index in [1.807, 2.05) is 0 Å². The number of hydrogen-bond donors (Lipinski definition) is 4. The molecule has 2 aromatic rings. The number of hydrogen-bond acceptors (Lipinski definition) is 9. The molecule has 3 rings (SSSR count). The molecule has 6 N–H and O–H groups in total. The van der Waals surface area contributed by atoms with Crippen molar-refractivity contribution in [1.29, 1.82) is 0 Å². The molecular formula is C11H16N6O4. The maximum atomic E-state index is 10.3. The summed E-state index contributed by atoms with van der Waals surface area (Å²) in [6.45, 7) is -0.280. The van der Waals surface area contributed by atoms with Gasteiger partial charge in [-0.1, -0.05) is 0 Å². The zero-order valence-corrected chi connectivity index (χ0v) is 11.2. The van der Waals surface area contributed by atoms with E-state index >= 15 is 0 Å². The van der Waals surface area contributed by atoms with Crippen LogP contribution in [0.3, 0.4) is 0 Å². The number of nitrogen functional groups attached to an aromatic ring is 2. The van der Waals surface area contributed by atoms with Gasteiger partial charge in [-0.3, -0.25) is 4.57 Å². The number of ether oxygens (including phenoxy) is 2. The number of methoxy groups -OCH3 is 1. The normalized spacial score (nSPS) is 29.3. The third-order valence-corrected chi connectivity index (χ3v) is 3.50. The number of nitrogens with zero attached hydrogens (tertiary/aromatic N) is 4. The van der Waals surface area contributed by atoms with Crippen LogP contribution in [0.25, 0.3) is 11.2 Å². The van der Waals surface area contributed by atoms with Crippen LogP contribution in [0.4, 0.5) is 11.8 Å². The average Bonchev–Trinajstić information content (AvgIpc) is 2.99. The minimum Gasteiger partial charge on any atom is -0.394 e. The van der Waals surface area contributed by atoms with E-state index in [2.05, 4.69) is 15.0 Å². The van der Waals surface area contributed by atoms with Crippen LogP contribution >= 0.6 is 0 Å². The number of imidazole rings is 1. The Balaban J connectivity index is 2.05. The summed E-state index contributed by atoms with van der Waals surface area (Å²) in [5.41, 5.74) is 12.0. The minimum absolute atomic E-state index is 0.00348. The molecule has 4 atom stereocenters. The number of anilines is 2. The Morgan fingerprint density at radius 3 is 2.81 bits per heavy atom. The van der Waals surface area contributed by atoms with Crippen LogP contribution in [-0.2, 0) is 9.47 Å². The molecule has 0 unspecified atom stereocenters. The van der Waals surface area contributed by atoms with Crippen molar-refractivity contribution >= 4 is 22.9 Å². The van der Waals surface area contributed by atoms with E-state index in [1.54, 1.807) is 0 Å². The molecule has 0 aromatic carbocycles. The van der Waals surface area contributed by atoms with Crippen LogP contribution < -0.4 is 11.5 Å². The quantitative estimate of drug-likeness (QED) is 0.516. The fourth-order valence-electron chi connectivity index (χ4n) is 2.53. The SMILES string of the molecule is CO[C@@H]1[C@H](O)[C@H](n2cnc3c(N)nc(N)nc32)O[C@@H]1CO.